The van der Waals surface area contributed by atoms with E-state index < -0.39 is 0 Å². The minimum absolute atomic E-state index is 0.0687. The smallest absolute Gasteiger partial charge is 0.241 e. The Morgan fingerprint density at radius 2 is 2.25 bits per heavy atom. The van der Waals surface area contributed by atoms with E-state index in [9.17, 15) is 4.79 Å². The summed E-state index contributed by atoms with van der Waals surface area (Å²) in [4.78, 5) is 20.9. The van der Waals surface area contributed by atoms with E-state index in [2.05, 4.69) is 15.4 Å². The lowest BCUT2D eigenvalue weighted by Gasteiger charge is -2.20. The number of amides is 1. The first-order valence-corrected chi connectivity index (χ1v) is 9.28. The fourth-order valence-corrected chi connectivity index (χ4v) is 3.72. The summed E-state index contributed by atoms with van der Waals surface area (Å²) in [5, 5.41) is 7.27. The predicted octanol–water partition coefficient (Wildman–Crippen LogP) is 2.19. The third-order valence-corrected chi connectivity index (χ3v) is 5.34. The van der Waals surface area contributed by atoms with Crippen LogP contribution in [-0.2, 0) is 11.8 Å². The van der Waals surface area contributed by atoms with Crippen molar-refractivity contribution in [1.82, 2.24) is 29.5 Å². The van der Waals surface area contributed by atoms with Gasteiger partial charge in [-0.2, -0.15) is 5.10 Å². The van der Waals surface area contributed by atoms with Crippen LogP contribution in [0.1, 0.15) is 13.3 Å². The summed E-state index contributed by atoms with van der Waals surface area (Å²) >= 11 is 0. The van der Waals surface area contributed by atoms with Crippen LogP contribution < -0.4 is 10.1 Å². The van der Waals surface area contributed by atoms with Gasteiger partial charge in [0.15, 0.2) is 0 Å². The van der Waals surface area contributed by atoms with Crippen LogP contribution in [0.5, 0.6) is 5.88 Å². The van der Waals surface area contributed by atoms with E-state index in [4.69, 9.17) is 9.72 Å². The van der Waals surface area contributed by atoms with Crippen LogP contribution in [0.3, 0.4) is 0 Å². The van der Waals surface area contributed by atoms with Crippen LogP contribution in [-0.4, -0.2) is 42.7 Å². The highest BCUT2D eigenvalue weighted by Gasteiger charge is 2.29. The Kier molecular flexibility index (Phi) is 3.78. The fraction of sp³-hybridized carbons (Fsp3) is 0.300. The molecule has 0 unspecified atom stereocenters. The zero-order chi connectivity index (χ0) is 19.3. The van der Waals surface area contributed by atoms with Crippen LogP contribution in [0.4, 0.5) is 0 Å². The van der Waals surface area contributed by atoms with Gasteiger partial charge >= 0.3 is 0 Å². The number of carbonyl (C=O) groups excluding carboxylic acids is 1. The van der Waals surface area contributed by atoms with Gasteiger partial charge in [-0.25, -0.2) is 14.5 Å². The Morgan fingerprint density at radius 1 is 1.36 bits per heavy atom. The molecule has 4 aromatic heterocycles. The van der Waals surface area contributed by atoms with Crippen molar-refractivity contribution in [2.24, 2.45) is 13.0 Å². The van der Waals surface area contributed by atoms with Crippen molar-refractivity contribution in [3.8, 4) is 17.1 Å². The molecular weight excluding hydrogens is 356 g/mol. The van der Waals surface area contributed by atoms with E-state index in [-0.39, 0.29) is 17.9 Å². The Labute approximate surface area is 161 Å². The number of nitrogens with one attached hydrogen (secondary N) is 1. The maximum atomic E-state index is 11.6. The van der Waals surface area contributed by atoms with Crippen LogP contribution >= 0.6 is 0 Å². The maximum absolute atomic E-state index is 11.6. The van der Waals surface area contributed by atoms with E-state index in [0.717, 1.165) is 27.8 Å². The minimum atomic E-state index is -0.149. The van der Waals surface area contributed by atoms with Gasteiger partial charge in [0.1, 0.15) is 11.6 Å². The van der Waals surface area contributed by atoms with Crippen molar-refractivity contribution in [3.63, 3.8) is 0 Å². The molecule has 1 fully saturated rings. The molecule has 4 aromatic rings. The molecule has 1 N–H and O–H groups in total. The highest BCUT2D eigenvalue weighted by molar-refractivity contribution is 5.87. The molecule has 0 aliphatic carbocycles. The van der Waals surface area contributed by atoms with Crippen molar-refractivity contribution < 1.29 is 9.53 Å². The number of ether oxygens (including phenoxy) is 1. The average molecular weight is 376 g/mol. The van der Waals surface area contributed by atoms with Crippen molar-refractivity contribution in [3.05, 3.63) is 43.0 Å². The summed E-state index contributed by atoms with van der Waals surface area (Å²) in [7, 11) is 1.92. The molecule has 0 aromatic carbocycles. The number of rotatable bonds is 4. The zero-order valence-corrected chi connectivity index (χ0v) is 15.7. The van der Waals surface area contributed by atoms with Crippen LogP contribution in [0.15, 0.2) is 43.0 Å². The summed E-state index contributed by atoms with van der Waals surface area (Å²) in [5.41, 5.74) is 4.29. The standard InChI is InChI=1S/C20H20N6O2/c1-12(13-7-18(27)21-9-13)28-20-19-16(22-11-25(19)2)8-15(24-20)14-10-23-26-6-4-3-5-17(14)26/h3-6,8,10-13H,7,9H2,1-2H3,(H,21,27)/t12-,13-/m1/s1. The van der Waals surface area contributed by atoms with Gasteiger partial charge in [-0.1, -0.05) is 6.07 Å². The molecule has 5 rings (SSSR count). The molecule has 28 heavy (non-hydrogen) atoms. The number of carbonyl (C=O) groups is 1. The monoisotopic (exact) mass is 376 g/mol. The van der Waals surface area contributed by atoms with E-state index in [1.165, 1.54) is 0 Å². The number of imidazole rings is 1. The molecule has 142 valence electrons. The lowest BCUT2D eigenvalue weighted by molar-refractivity contribution is -0.119. The van der Waals surface area contributed by atoms with Gasteiger partial charge < -0.3 is 14.6 Å². The molecule has 1 amide bonds. The molecule has 0 bridgehead atoms. The normalized spacial score (nSPS) is 17.9. The summed E-state index contributed by atoms with van der Waals surface area (Å²) < 4.78 is 9.98. The van der Waals surface area contributed by atoms with Crippen molar-refractivity contribution in [1.29, 1.82) is 0 Å². The molecule has 1 aliphatic heterocycles. The minimum Gasteiger partial charge on any atom is -0.473 e. The third-order valence-electron chi connectivity index (χ3n) is 5.34. The Hall–Kier alpha value is -3.42. The lowest BCUT2D eigenvalue weighted by Crippen LogP contribution is -2.26. The van der Waals surface area contributed by atoms with Crippen LogP contribution in [0, 0.1) is 5.92 Å². The number of aryl methyl sites for hydroxylation is 1. The largest absolute Gasteiger partial charge is 0.473 e. The SMILES string of the molecule is C[C@@H](Oc1nc(-c2cnn3ccccc23)cc2ncn(C)c12)[C@H]1CNC(=O)C1. The molecule has 5 heterocycles. The van der Waals surface area contributed by atoms with Crippen LogP contribution in [0.25, 0.3) is 27.8 Å². The summed E-state index contributed by atoms with van der Waals surface area (Å²) in [6.07, 6.45) is 5.79. The van der Waals surface area contributed by atoms with Gasteiger partial charge in [0.05, 0.1) is 29.3 Å². The average Bonchev–Trinajstić information content (AvgIpc) is 3.40. The molecule has 2 atom stereocenters. The number of fused-ring (bicyclic) bond motifs is 2. The molecule has 1 aliphatic rings. The first-order valence-electron chi connectivity index (χ1n) is 9.28. The van der Waals surface area contributed by atoms with Gasteiger partial charge in [-0.05, 0) is 25.1 Å². The Bertz CT molecular complexity index is 1190. The van der Waals surface area contributed by atoms with Gasteiger partial charge in [0.25, 0.3) is 0 Å². The molecular formula is C20H20N6O2. The molecule has 0 saturated carbocycles. The molecule has 0 spiro atoms. The number of aromatic nitrogens is 5. The molecule has 0 radical (unpaired) electrons. The Morgan fingerprint density at radius 3 is 3.07 bits per heavy atom. The van der Waals surface area contributed by atoms with E-state index in [1.54, 1.807) is 12.5 Å². The van der Waals surface area contributed by atoms with E-state index >= 15 is 0 Å². The highest BCUT2D eigenvalue weighted by Crippen LogP contribution is 2.32. The highest BCUT2D eigenvalue weighted by atomic mass is 16.5. The van der Waals surface area contributed by atoms with Crippen LogP contribution in [0.2, 0.25) is 0 Å². The van der Waals surface area contributed by atoms with Gasteiger partial charge in [-0.15, -0.1) is 0 Å². The van der Waals surface area contributed by atoms with E-state index in [1.807, 2.05) is 53.5 Å². The van der Waals surface area contributed by atoms with Crippen molar-refractivity contribution >= 4 is 22.5 Å². The quantitative estimate of drug-likeness (QED) is 0.590. The first-order chi connectivity index (χ1) is 13.6. The summed E-state index contributed by atoms with van der Waals surface area (Å²) in [5.74, 6) is 0.715. The van der Waals surface area contributed by atoms with Crippen molar-refractivity contribution in [2.45, 2.75) is 19.4 Å². The predicted molar refractivity (Wildman–Crippen MR) is 104 cm³/mol. The van der Waals surface area contributed by atoms with Gasteiger partial charge in [0, 0.05) is 37.7 Å². The van der Waals surface area contributed by atoms with E-state index in [0.29, 0.717) is 18.8 Å². The van der Waals surface area contributed by atoms with Gasteiger partial charge in [0.2, 0.25) is 11.8 Å². The summed E-state index contributed by atoms with van der Waals surface area (Å²) in [6.45, 7) is 2.61. The molecule has 1 saturated heterocycles. The molecule has 8 nitrogen and oxygen atoms in total. The number of hydrogen-bond acceptors (Lipinski definition) is 5. The number of hydrogen-bond donors (Lipinski definition) is 1. The maximum Gasteiger partial charge on any atom is 0.241 e. The topological polar surface area (TPSA) is 86.3 Å². The fourth-order valence-electron chi connectivity index (χ4n) is 3.72. The first kappa shape index (κ1) is 16.7. The molecule has 8 heteroatoms. The second kappa shape index (κ2) is 6.33. The van der Waals surface area contributed by atoms with Crippen molar-refractivity contribution in [2.75, 3.05) is 6.54 Å². The summed E-state index contributed by atoms with van der Waals surface area (Å²) in [6, 6.07) is 7.87. The van der Waals surface area contributed by atoms with Gasteiger partial charge in [-0.3, -0.25) is 4.79 Å². The number of nitrogens with zero attached hydrogens (tertiary/aromatic N) is 5. The second-order valence-electron chi connectivity index (χ2n) is 7.22. The number of pyridine rings is 2. The lowest BCUT2D eigenvalue weighted by atomic mass is 10.0. The Balaban J connectivity index is 1.59. The third kappa shape index (κ3) is 2.69. The zero-order valence-electron chi connectivity index (χ0n) is 15.7. The second-order valence-corrected chi connectivity index (χ2v) is 7.22.